The molecular formula is C23H28F2N6O. The van der Waals surface area contributed by atoms with Gasteiger partial charge in [-0.05, 0) is 49.2 Å². The van der Waals surface area contributed by atoms with Gasteiger partial charge in [-0.3, -0.25) is 4.90 Å². The van der Waals surface area contributed by atoms with Crippen LogP contribution in [0.5, 0.6) is 0 Å². The first kappa shape index (κ1) is 22.2. The van der Waals surface area contributed by atoms with Crippen LogP contribution in [0.15, 0.2) is 42.7 Å². The summed E-state index contributed by atoms with van der Waals surface area (Å²) in [6, 6.07) is 9.64. The van der Waals surface area contributed by atoms with E-state index >= 15 is 0 Å². The van der Waals surface area contributed by atoms with Crippen LogP contribution in [0.25, 0.3) is 5.69 Å². The topological polar surface area (TPSA) is 69.5 Å². The van der Waals surface area contributed by atoms with Crippen molar-refractivity contribution in [1.29, 1.82) is 0 Å². The number of aliphatic hydroxyl groups is 1. The fraction of sp³-hybridized carbons (Fsp3) is 0.391. The summed E-state index contributed by atoms with van der Waals surface area (Å²) in [5, 5.41) is 17.0. The maximum Gasteiger partial charge on any atom is 0.246 e. The van der Waals surface area contributed by atoms with E-state index in [0.29, 0.717) is 5.95 Å². The van der Waals surface area contributed by atoms with Gasteiger partial charge in [0.25, 0.3) is 0 Å². The van der Waals surface area contributed by atoms with E-state index in [9.17, 15) is 13.9 Å². The van der Waals surface area contributed by atoms with Crippen LogP contribution in [0.2, 0.25) is 0 Å². The van der Waals surface area contributed by atoms with Gasteiger partial charge in [0, 0.05) is 49.7 Å². The van der Waals surface area contributed by atoms with E-state index in [1.165, 1.54) is 23.1 Å². The highest BCUT2D eigenvalue weighted by molar-refractivity contribution is 5.64. The number of aromatic nitrogens is 3. The van der Waals surface area contributed by atoms with Crippen LogP contribution in [-0.2, 0) is 0 Å². The maximum atomic E-state index is 13.5. The van der Waals surface area contributed by atoms with Gasteiger partial charge in [0.15, 0.2) is 0 Å². The van der Waals surface area contributed by atoms with Crippen LogP contribution >= 0.6 is 0 Å². The third-order valence-corrected chi connectivity index (χ3v) is 5.80. The minimum Gasteiger partial charge on any atom is -0.395 e. The van der Waals surface area contributed by atoms with Crippen LogP contribution in [0.4, 0.5) is 26.1 Å². The molecule has 3 aromatic rings. The number of aliphatic hydroxyl groups excluding tert-OH is 1. The van der Waals surface area contributed by atoms with Crippen molar-refractivity contribution in [2.45, 2.75) is 26.3 Å². The van der Waals surface area contributed by atoms with Crippen LogP contribution in [-0.4, -0.2) is 63.6 Å². The number of nitrogens with one attached hydrogen (secondary N) is 1. The Bertz CT molecular complexity index is 1040. The zero-order valence-corrected chi connectivity index (χ0v) is 18.3. The second-order valence-corrected chi connectivity index (χ2v) is 8.09. The average molecular weight is 443 g/mol. The molecule has 0 spiro atoms. The molecule has 9 heteroatoms. The minimum atomic E-state index is -0.669. The van der Waals surface area contributed by atoms with E-state index < -0.39 is 11.6 Å². The molecule has 1 fully saturated rings. The number of piperazine rings is 1. The molecule has 2 heterocycles. The first-order chi connectivity index (χ1) is 15.4. The van der Waals surface area contributed by atoms with Crippen LogP contribution in [0, 0.1) is 18.6 Å². The summed E-state index contributed by atoms with van der Waals surface area (Å²) < 4.78 is 28.3. The lowest BCUT2D eigenvalue weighted by Crippen LogP contribution is -2.51. The molecule has 1 atom stereocenters. The Balaban J connectivity index is 1.46. The molecule has 2 N–H and O–H groups in total. The monoisotopic (exact) mass is 442 g/mol. The number of hydrogen-bond donors (Lipinski definition) is 2. The first-order valence-corrected chi connectivity index (χ1v) is 10.8. The Morgan fingerprint density at radius 1 is 1.00 bits per heavy atom. The molecule has 1 aliphatic heterocycles. The Morgan fingerprint density at radius 3 is 2.38 bits per heavy atom. The Hall–Kier alpha value is -3.04. The SMILES string of the molecule is CCC(CO)N1CCN(c2cc(C)cc(Nc3ncn(-c4cc(F)cc(F)c4)n3)c2)CC1. The molecular weight excluding hydrogens is 414 g/mol. The van der Waals surface area contributed by atoms with Crippen molar-refractivity contribution in [3.63, 3.8) is 0 Å². The molecule has 1 aromatic heterocycles. The molecule has 2 aromatic carbocycles. The van der Waals surface area contributed by atoms with E-state index in [2.05, 4.69) is 44.3 Å². The second kappa shape index (κ2) is 9.62. The molecule has 4 rings (SSSR count). The van der Waals surface area contributed by atoms with Gasteiger partial charge in [0.1, 0.15) is 18.0 Å². The Labute approximate surface area is 186 Å². The normalized spacial score (nSPS) is 15.7. The summed E-state index contributed by atoms with van der Waals surface area (Å²) in [5.74, 6) is -1.000. The molecule has 0 bridgehead atoms. The fourth-order valence-corrected chi connectivity index (χ4v) is 4.11. The number of halogens is 2. The van der Waals surface area contributed by atoms with Gasteiger partial charge in [0.2, 0.25) is 5.95 Å². The van der Waals surface area contributed by atoms with Crippen LogP contribution < -0.4 is 10.2 Å². The molecule has 0 amide bonds. The summed E-state index contributed by atoms with van der Waals surface area (Å²) in [7, 11) is 0. The van der Waals surface area contributed by atoms with E-state index in [-0.39, 0.29) is 18.3 Å². The lowest BCUT2D eigenvalue weighted by molar-refractivity contribution is 0.114. The first-order valence-electron chi connectivity index (χ1n) is 10.8. The lowest BCUT2D eigenvalue weighted by atomic mass is 10.1. The molecule has 32 heavy (non-hydrogen) atoms. The summed E-state index contributed by atoms with van der Waals surface area (Å²) in [6.45, 7) is 7.92. The predicted molar refractivity (Wildman–Crippen MR) is 121 cm³/mol. The number of anilines is 3. The van der Waals surface area contributed by atoms with E-state index in [1.54, 1.807) is 0 Å². The molecule has 1 saturated heterocycles. The Morgan fingerprint density at radius 2 is 1.72 bits per heavy atom. The van der Waals surface area contributed by atoms with Crippen molar-refractivity contribution in [2.75, 3.05) is 43.0 Å². The molecule has 1 unspecified atom stereocenters. The summed E-state index contributed by atoms with van der Waals surface area (Å²) in [5.41, 5.74) is 3.31. The number of nitrogens with zero attached hydrogens (tertiary/aromatic N) is 5. The van der Waals surface area contributed by atoms with Gasteiger partial charge in [-0.1, -0.05) is 6.92 Å². The third kappa shape index (κ3) is 5.05. The molecule has 0 saturated carbocycles. The van der Waals surface area contributed by atoms with E-state index in [1.807, 2.05) is 13.0 Å². The third-order valence-electron chi connectivity index (χ3n) is 5.80. The van der Waals surface area contributed by atoms with E-state index in [0.717, 1.165) is 55.6 Å². The summed E-state index contributed by atoms with van der Waals surface area (Å²) in [4.78, 5) is 8.90. The quantitative estimate of drug-likeness (QED) is 0.584. The predicted octanol–water partition coefficient (Wildman–Crippen LogP) is 3.49. The van der Waals surface area contributed by atoms with Gasteiger partial charge in [-0.2, -0.15) is 4.98 Å². The molecule has 7 nitrogen and oxygen atoms in total. The van der Waals surface area contributed by atoms with E-state index in [4.69, 9.17) is 0 Å². The second-order valence-electron chi connectivity index (χ2n) is 8.09. The fourth-order valence-electron chi connectivity index (χ4n) is 4.11. The van der Waals surface area contributed by atoms with Gasteiger partial charge < -0.3 is 15.3 Å². The van der Waals surface area contributed by atoms with Gasteiger partial charge in [0.05, 0.1) is 12.3 Å². The van der Waals surface area contributed by atoms with Crippen molar-refractivity contribution in [3.8, 4) is 5.69 Å². The molecule has 0 radical (unpaired) electrons. The van der Waals surface area contributed by atoms with Crippen LogP contribution in [0.1, 0.15) is 18.9 Å². The maximum absolute atomic E-state index is 13.5. The summed E-state index contributed by atoms with van der Waals surface area (Å²) >= 11 is 0. The molecule has 170 valence electrons. The highest BCUT2D eigenvalue weighted by atomic mass is 19.1. The summed E-state index contributed by atoms with van der Waals surface area (Å²) in [6.07, 6.45) is 2.36. The zero-order valence-electron chi connectivity index (χ0n) is 18.3. The highest BCUT2D eigenvalue weighted by Gasteiger charge is 2.22. The minimum absolute atomic E-state index is 0.191. The van der Waals surface area contributed by atoms with Gasteiger partial charge in [-0.25, -0.2) is 13.5 Å². The van der Waals surface area contributed by atoms with Crippen molar-refractivity contribution >= 4 is 17.3 Å². The lowest BCUT2D eigenvalue weighted by Gasteiger charge is -2.39. The Kier molecular flexibility index (Phi) is 6.66. The van der Waals surface area contributed by atoms with Gasteiger partial charge in [-0.15, -0.1) is 5.10 Å². The molecule has 1 aliphatic rings. The number of aryl methyl sites for hydroxylation is 1. The number of benzene rings is 2. The highest BCUT2D eigenvalue weighted by Crippen LogP contribution is 2.26. The van der Waals surface area contributed by atoms with Crippen LogP contribution in [0.3, 0.4) is 0 Å². The van der Waals surface area contributed by atoms with Gasteiger partial charge >= 0.3 is 0 Å². The largest absolute Gasteiger partial charge is 0.395 e. The van der Waals surface area contributed by atoms with Crippen molar-refractivity contribution in [2.24, 2.45) is 0 Å². The smallest absolute Gasteiger partial charge is 0.246 e. The zero-order chi connectivity index (χ0) is 22.7. The number of rotatable bonds is 7. The van der Waals surface area contributed by atoms with Crippen molar-refractivity contribution in [1.82, 2.24) is 19.7 Å². The molecule has 0 aliphatic carbocycles. The van der Waals surface area contributed by atoms with Crippen molar-refractivity contribution < 1.29 is 13.9 Å². The number of hydrogen-bond acceptors (Lipinski definition) is 6. The standard InChI is InChI=1S/C23H28F2N6O/c1-3-20(14-32)29-4-6-30(7-5-29)21-9-16(2)8-19(13-21)27-23-26-15-31(28-23)22-11-17(24)10-18(25)12-22/h8-13,15,20,32H,3-7,14H2,1-2H3,(H,27,28). The van der Waals surface area contributed by atoms with Crippen molar-refractivity contribution in [3.05, 3.63) is 59.9 Å². The average Bonchev–Trinajstić information content (AvgIpc) is 3.22.